The molecule has 0 aromatic carbocycles. The van der Waals surface area contributed by atoms with Crippen molar-refractivity contribution in [3.05, 3.63) is 47.4 Å². The van der Waals surface area contributed by atoms with Gasteiger partial charge in [-0.1, -0.05) is 5.21 Å². The van der Waals surface area contributed by atoms with Crippen molar-refractivity contribution < 1.29 is 5.11 Å². The third-order valence-electron chi connectivity index (χ3n) is 4.08. The number of aliphatic hydroxyl groups excluding tert-OH is 1. The Bertz CT molecular complexity index is 963. The van der Waals surface area contributed by atoms with Crippen LogP contribution in [0.5, 0.6) is 0 Å². The molecule has 4 aromatic heterocycles. The van der Waals surface area contributed by atoms with Gasteiger partial charge in [-0.05, 0) is 18.8 Å². The van der Waals surface area contributed by atoms with E-state index in [0.717, 1.165) is 16.2 Å². The van der Waals surface area contributed by atoms with Crippen LogP contribution >= 0.6 is 11.3 Å². The lowest BCUT2D eigenvalue weighted by Gasteiger charge is -2.09. The van der Waals surface area contributed by atoms with Gasteiger partial charge in [0.15, 0.2) is 0 Å². The molecule has 9 heteroatoms. The van der Waals surface area contributed by atoms with Gasteiger partial charge in [0.1, 0.15) is 28.6 Å². The summed E-state index contributed by atoms with van der Waals surface area (Å²) in [6, 6.07) is 0. The van der Waals surface area contributed by atoms with Crippen molar-refractivity contribution in [2.75, 3.05) is 0 Å². The van der Waals surface area contributed by atoms with Gasteiger partial charge in [0.25, 0.3) is 0 Å². The third kappa shape index (κ3) is 2.01. The van der Waals surface area contributed by atoms with Crippen LogP contribution in [0, 0.1) is 0 Å². The highest BCUT2D eigenvalue weighted by Gasteiger charge is 2.33. The first-order valence-corrected chi connectivity index (χ1v) is 8.17. The Morgan fingerprint density at radius 1 is 1.35 bits per heavy atom. The zero-order valence-electron chi connectivity index (χ0n) is 12.0. The molecular weight excluding hydrogens is 314 g/mol. The Labute approximate surface area is 134 Å². The van der Waals surface area contributed by atoms with Crippen molar-refractivity contribution in [2.24, 2.45) is 0 Å². The van der Waals surface area contributed by atoms with E-state index in [1.807, 2.05) is 10.6 Å². The second kappa shape index (κ2) is 4.74. The van der Waals surface area contributed by atoms with E-state index in [1.54, 1.807) is 40.9 Å². The molecule has 0 aliphatic heterocycles. The van der Waals surface area contributed by atoms with Crippen molar-refractivity contribution in [3.63, 3.8) is 0 Å². The van der Waals surface area contributed by atoms with Crippen LogP contribution in [0.15, 0.2) is 31.1 Å². The summed E-state index contributed by atoms with van der Waals surface area (Å²) < 4.78 is 3.55. The van der Waals surface area contributed by atoms with Gasteiger partial charge < -0.3 is 5.11 Å². The maximum Gasteiger partial charge on any atom is 0.141 e. The summed E-state index contributed by atoms with van der Waals surface area (Å²) in [7, 11) is 0. The maximum absolute atomic E-state index is 10.9. The van der Waals surface area contributed by atoms with E-state index in [4.69, 9.17) is 0 Å². The molecule has 0 saturated heterocycles. The van der Waals surface area contributed by atoms with E-state index < -0.39 is 6.10 Å². The molecular formula is C14H13N7OS. The highest BCUT2D eigenvalue weighted by Crippen LogP contribution is 2.47. The molecule has 1 aliphatic rings. The van der Waals surface area contributed by atoms with Crippen molar-refractivity contribution in [1.82, 2.24) is 34.6 Å². The zero-order chi connectivity index (χ0) is 15.4. The number of fused-ring (bicyclic) bond motifs is 1. The quantitative estimate of drug-likeness (QED) is 0.594. The highest BCUT2D eigenvalue weighted by molar-refractivity contribution is 7.17. The Morgan fingerprint density at radius 2 is 2.26 bits per heavy atom. The molecule has 0 spiro atoms. The van der Waals surface area contributed by atoms with E-state index in [1.165, 1.54) is 17.7 Å². The van der Waals surface area contributed by atoms with Gasteiger partial charge in [0.05, 0.1) is 24.3 Å². The standard InChI is InChI=1S/C14H13N7OS/c22-13(10-6-21(19-18-10)9-3-16-17-4-9)12-14(8-1-2-8)23-11-5-15-7-20(11)12/h3-8,13,22H,1-2H2,(H,16,17). The van der Waals surface area contributed by atoms with Crippen LogP contribution in [0.3, 0.4) is 0 Å². The molecule has 2 N–H and O–H groups in total. The van der Waals surface area contributed by atoms with Crippen LogP contribution in [-0.4, -0.2) is 39.7 Å². The SMILES string of the molecule is OC(c1cn(-c2cn[nH]c2)nn1)c1c(C2CC2)sc2cncn12. The summed E-state index contributed by atoms with van der Waals surface area (Å²) in [6.07, 6.45) is 10.2. The van der Waals surface area contributed by atoms with E-state index in [2.05, 4.69) is 25.5 Å². The van der Waals surface area contributed by atoms with E-state index in [9.17, 15) is 5.11 Å². The molecule has 1 atom stereocenters. The molecule has 0 radical (unpaired) electrons. The molecule has 4 heterocycles. The fraction of sp³-hybridized carbons (Fsp3) is 0.286. The fourth-order valence-corrected chi connectivity index (χ4v) is 4.06. The second-order valence-corrected chi connectivity index (χ2v) is 6.74. The Hall–Kier alpha value is -2.52. The number of hydrogen-bond acceptors (Lipinski definition) is 6. The number of rotatable bonds is 4. The summed E-state index contributed by atoms with van der Waals surface area (Å²) in [6.45, 7) is 0. The second-order valence-electron chi connectivity index (χ2n) is 5.67. The third-order valence-corrected chi connectivity index (χ3v) is 5.35. The lowest BCUT2D eigenvalue weighted by molar-refractivity contribution is 0.208. The van der Waals surface area contributed by atoms with Gasteiger partial charge in [-0.25, -0.2) is 9.67 Å². The number of imidazole rings is 1. The Morgan fingerprint density at radius 3 is 3.04 bits per heavy atom. The number of aromatic amines is 1. The predicted molar refractivity (Wildman–Crippen MR) is 82.6 cm³/mol. The normalized spacial score (nSPS) is 16.2. The fourth-order valence-electron chi connectivity index (χ4n) is 2.77. The van der Waals surface area contributed by atoms with Gasteiger partial charge in [-0.2, -0.15) is 5.10 Å². The number of aliphatic hydroxyl groups is 1. The molecule has 116 valence electrons. The Kier molecular flexibility index (Phi) is 2.67. The molecule has 1 unspecified atom stereocenters. The average Bonchev–Trinajstić information content (AvgIpc) is 3.02. The van der Waals surface area contributed by atoms with Crippen LogP contribution in [0.25, 0.3) is 10.5 Å². The number of nitrogens with zero attached hydrogens (tertiary/aromatic N) is 6. The van der Waals surface area contributed by atoms with Crippen LogP contribution in [0.4, 0.5) is 0 Å². The molecule has 0 bridgehead atoms. The highest BCUT2D eigenvalue weighted by atomic mass is 32.1. The smallest absolute Gasteiger partial charge is 0.141 e. The van der Waals surface area contributed by atoms with Crippen molar-refractivity contribution in [3.8, 4) is 5.69 Å². The first kappa shape index (κ1) is 13.0. The molecule has 1 fully saturated rings. The van der Waals surface area contributed by atoms with Crippen LogP contribution in [0.2, 0.25) is 0 Å². The Balaban J connectivity index is 1.59. The number of thiazole rings is 1. The van der Waals surface area contributed by atoms with Gasteiger partial charge in [0.2, 0.25) is 0 Å². The minimum Gasteiger partial charge on any atom is -0.380 e. The zero-order valence-corrected chi connectivity index (χ0v) is 12.8. The molecule has 4 aromatic rings. The molecule has 0 amide bonds. The van der Waals surface area contributed by atoms with Crippen molar-refractivity contribution in [2.45, 2.75) is 24.9 Å². The van der Waals surface area contributed by atoms with Crippen molar-refractivity contribution >= 4 is 16.2 Å². The van der Waals surface area contributed by atoms with E-state index >= 15 is 0 Å². The number of nitrogens with one attached hydrogen (secondary N) is 1. The van der Waals surface area contributed by atoms with Gasteiger partial charge in [-0.15, -0.1) is 16.4 Å². The average molecular weight is 327 g/mol. The predicted octanol–water partition coefficient (Wildman–Crippen LogP) is 1.66. The molecule has 8 nitrogen and oxygen atoms in total. The summed E-state index contributed by atoms with van der Waals surface area (Å²) in [5.74, 6) is 0.550. The first-order valence-electron chi connectivity index (χ1n) is 7.35. The molecule has 5 rings (SSSR count). The lowest BCUT2D eigenvalue weighted by Crippen LogP contribution is -2.06. The van der Waals surface area contributed by atoms with Crippen LogP contribution in [0.1, 0.15) is 41.1 Å². The summed E-state index contributed by atoms with van der Waals surface area (Å²) in [5.41, 5.74) is 2.15. The van der Waals surface area contributed by atoms with Crippen molar-refractivity contribution in [1.29, 1.82) is 0 Å². The monoisotopic (exact) mass is 327 g/mol. The van der Waals surface area contributed by atoms with Gasteiger partial charge in [-0.3, -0.25) is 9.50 Å². The number of H-pyrrole nitrogens is 1. The molecule has 1 saturated carbocycles. The maximum atomic E-state index is 10.9. The summed E-state index contributed by atoms with van der Waals surface area (Å²) in [4.78, 5) is 6.45. The molecule has 1 aliphatic carbocycles. The minimum absolute atomic E-state index is 0.515. The van der Waals surface area contributed by atoms with Gasteiger partial charge >= 0.3 is 0 Å². The largest absolute Gasteiger partial charge is 0.380 e. The van der Waals surface area contributed by atoms with E-state index in [-0.39, 0.29) is 0 Å². The van der Waals surface area contributed by atoms with E-state index in [0.29, 0.717) is 11.6 Å². The van der Waals surface area contributed by atoms with Crippen LogP contribution in [-0.2, 0) is 0 Å². The summed E-state index contributed by atoms with van der Waals surface area (Å²) >= 11 is 1.70. The number of hydrogen-bond donors (Lipinski definition) is 2. The topological polar surface area (TPSA) is 96.9 Å². The first-order chi connectivity index (χ1) is 11.3. The number of aromatic nitrogens is 7. The molecule has 23 heavy (non-hydrogen) atoms. The lowest BCUT2D eigenvalue weighted by atomic mass is 10.1. The van der Waals surface area contributed by atoms with Crippen LogP contribution < -0.4 is 0 Å². The summed E-state index contributed by atoms with van der Waals surface area (Å²) in [5, 5.41) is 25.7. The minimum atomic E-state index is -0.825. The van der Waals surface area contributed by atoms with Gasteiger partial charge in [0, 0.05) is 11.1 Å².